The molecular weight excluding hydrogens is 296 g/mol. The second-order valence-electron chi connectivity index (χ2n) is 7.30. The van der Waals surface area contributed by atoms with Gasteiger partial charge in [-0.2, -0.15) is 0 Å². The number of ketones is 1. The molecule has 0 aliphatic carbocycles. The van der Waals surface area contributed by atoms with Gasteiger partial charge >= 0.3 is 0 Å². The van der Waals surface area contributed by atoms with Gasteiger partial charge in [-0.15, -0.1) is 0 Å². The summed E-state index contributed by atoms with van der Waals surface area (Å²) in [7, 11) is 0. The first-order valence-electron chi connectivity index (χ1n) is 10.4. The van der Waals surface area contributed by atoms with Gasteiger partial charge in [-0.05, 0) is 45.1 Å². The Labute approximate surface area is 151 Å². The molecule has 0 saturated carbocycles. The smallest absolute Gasteiger partial charge is 0.186 e. The predicted molar refractivity (Wildman–Crippen MR) is 105 cm³/mol. The zero-order valence-corrected chi connectivity index (χ0v) is 16.8. The molecule has 2 heteroatoms. The highest BCUT2D eigenvalue weighted by molar-refractivity contribution is 5.98. The number of hydrogen-bond donors (Lipinski definition) is 1. The van der Waals surface area contributed by atoms with Crippen LogP contribution in [0.15, 0.2) is 11.1 Å². The summed E-state index contributed by atoms with van der Waals surface area (Å²) >= 11 is 0. The maximum absolute atomic E-state index is 12.1. The number of hydrogen-bond acceptors (Lipinski definition) is 2. The number of allylic oxidation sites excluding steroid dienone is 1. The molecule has 0 aromatic carbocycles. The largest absolute Gasteiger partial charge is 0.385 e. The van der Waals surface area contributed by atoms with Crippen molar-refractivity contribution in [1.29, 1.82) is 0 Å². The van der Waals surface area contributed by atoms with E-state index in [9.17, 15) is 9.90 Å². The van der Waals surface area contributed by atoms with Crippen molar-refractivity contribution in [2.45, 2.75) is 124 Å². The minimum Gasteiger partial charge on any atom is -0.385 e. The fraction of sp³-hybridized carbons (Fsp3) is 0.864. The average Bonchev–Trinajstić information content (AvgIpc) is 2.57. The molecule has 0 spiro atoms. The van der Waals surface area contributed by atoms with E-state index < -0.39 is 6.10 Å². The Bertz CT molecular complexity index is 324. The Morgan fingerprint density at radius 2 is 1.12 bits per heavy atom. The van der Waals surface area contributed by atoms with Gasteiger partial charge in [-0.3, -0.25) is 4.79 Å². The molecule has 142 valence electrons. The topological polar surface area (TPSA) is 37.3 Å². The van der Waals surface area contributed by atoms with Gasteiger partial charge in [0.25, 0.3) is 0 Å². The number of rotatable bonds is 16. The molecule has 0 saturated heterocycles. The Balaban J connectivity index is 4.34. The number of aliphatic hydroxyl groups is 1. The Kier molecular flexibility index (Phi) is 15.5. The lowest BCUT2D eigenvalue weighted by atomic mass is 9.93. The second kappa shape index (κ2) is 15.9. The van der Waals surface area contributed by atoms with E-state index in [4.69, 9.17) is 0 Å². The van der Waals surface area contributed by atoms with Gasteiger partial charge in [-0.1, -0.05) is 83.6 Å². The molecule has 1 atom stereocenters. The minimum atomic E-state index is -0.867. The Morgan fingerprint density at radius 3 is 1.50 bits per heavy atom. The van der Waals surface area contributed by atoms with Gasteiger partial charge < -0.3 is 5.11 Å². The van der Waals surface area contributed by atoms with Crippen molar-refractivity contribution >= 4 is 5.78 Å². The molecule has 2 nitrogen and oxygen atoms in total. The molecule has 0 amide bonds. The quantitative estimate of drug-likeness (QED) is 0.249. The molecule has 0 radical (unpaired) electrons. The van der Waals surface area contributed by atoms with Crippen molar-refractivity contribution in [2.75, 3.05) is 0 Å². The van der Waals surface area contributed by atoms with Gasteiger partial charge in [0.15, 0.2) is 5.78 Å². The summed E-state index contributed by atoms with van der Waals surface area (Å²) in [5.74, 6) is -0.0815. The van der Waals surface area contributed by atoms with E-state index in [2.05, 4.69) is 13.8 Å². The molecule has 0 heterocycles. The van der Waals surface area contributed by atoms with Crippen LogP contribution >= 0.6 is 0 Å². The van der Waals surface area contributed by atoms with Crippen LogP contribution in [0, 0.1) is 0 Å². The van der Waals surface area contributed by atoms with Crippen LogP contribution in [0.2, 0.25) is 0 Å². The van der Waals surface area contributed by atoms with Crippen LogP contribution in [0.5, 0.6) is 0 Å². The van der Waals surface area contributed by atoms with E-state index in [-0.39, 0.29) is 5.78 Å². The van der Waals surface area contributed by atoms with E-state index in [1.54, 1.807) is 6.92 Å². The third kappa shape index (κ3) is 11.8. The van der Waals surface area contributed by atoms with Crippen molar-refractivity contribution in [3.63, 3.8) is 0 Å². The fourth-order valence-electron chi connectivity index (χ4n) is 3.22. The zero-order valence-electron chi connectivity index (χ0n) is 16.8. The third-order valence-corrected chi connectivity index (χ3v) is 4.94. The number of carbonyl (C=O) groups excluding carboxylic acids is 1. The summed E-state index contributed by atoms with van der Waals surface area (Å²) in [5, 5.41) is 9.59. The van der Waals surface area contributed by atoms with Crippen LogP contribution in [-0.2, 0) is 4.79 Å². The normalized spacial score (nSPS) is 12.2. The monoisotopic (exact) mass is 338 g/mol. The van der Waals surface area contributed by atoms with Crippen LogP contribution in [0.1, 0.15) is 118 Å². The van der Waals surface area contributed by atoms with Gasteiger partial charge in [-0.25, -0.2) is 0 Å². The first-order chi connectivity index (χ1) is 11.5. The van der Waals surface area contributed by atoms with Crippen molar-refractivity contribution in [3.8, 4) is 0 Å². The molecule has 0 rings (SSSR count). The van der Waals surface area contributed by atoms with Crippen LogP contribution in [0.4, 0.5) is 0 Å². The van der Waals surface area contributed by atoms with Crippen LogP contribution in [0.3, 0.4) is 0 Å². The van der Waals surface area contributed by atoms with E-state index in [0.717, 1.165) is 18.4 Å². The standard InChI is InChI=1S/C22H42O2/c1-5-7-9-11-13-15-17-21(19(3)22(24)20(4)23)18-16-14-12-10-8-6-2/h20,23H,5-18H2,1-4H3. The number of unbranched alkanes of at least 4 members (excludes halogenated alkanes) is 10. The molecule has 0 aromatic rings. The summed E-state index contributed by atoms with van der Waals surface area (Å²) in [6.07, 6.45) is 16.6. The Morgan fingerprint density at radius 1 is 0.750 bits per heavy atom. The highest BCUT2D eigenvalue weighted by atomic mass is 16.3. The van der Waals surface area contributed by atoms with Crippen molar-refractivity contribution in [1.82, 2.24) is 0 Å². The van der Waals surface area contributed by atoms with Crippen molar-refractivity contribution < 1.29 is 9.90 Å². The lowest BCUT2D eigenvalue weighted by molar-refractivity contribution is -0.122. The van der Waals surface area contributed by atoms with Crippen molar-refractivity contribution in [2.24, 2.45) is 0 Å². The molecule has 0 aromatic heterocycles. The third-order valence-electron chi connectivity index (χ3n) is 4.94. The highest BCUT2D eigenvalue weighted by Gasteiger charge is 2.15. The van der Waals surface area contributed by atoms with E-state index in [1.165, 1.54) is 82.6 Å². The maximum atomic E-state index is 12.1. The molecule has 1 N–H and O–H groups in total. The summed E-state index contributed by atoms with van der Waals surface area (Å²) < 4.78 is 0. The number of Topliss-reactive ketones (excluding diaryl/α,β-unsaturated/α-hetero) is 1. The average molecular weight is 339 g/mol. The van der Waals surface area contributed by atoms with Gasteiger partial charge in [0.1, 0.15) is 6.10 Å². The summed E-state index contributed by atoms with van der Waals surface area (Å²) in [4.78, 5) is 12.1. The first kappa shape index (κ1) is 23.4. The highest BCUT2D eigenvalue weighted by Crippen LogP contribution is 2.22. The molecule has 0 fully saturated rings. The molecule has 0 aliphatic heterocycles. The molecule has 24 heavy (non-hydrogen) atoms. The van der Waals surface area contributed by atoms with E-state index in [1.807, 2.05) is 6.92 Å². The van der Waals surface area contributed by atoms with Gasteiger partial charge in [0, 0.05) is 0 Å². The minimum absolute atomic E-state index is 0.0815. The van der Waals surface area contributed by atoms with Gasteiger partial charge in [0.2, 0.25) is 0 Å². The first-order valence-corrected chi connectivity index (χ1v) is 10.4. The van der Waals surface area contributed by atoms with Crippen LogP contribution in [0.25, 0.3) is 0 Å². The fourth-order valence-corrected chi connectivity index (χ4v) is 3.22. The van der Waals surface area contributed by atoms with E-state index >= 15 is 0 Å². The Hall–Kier alpha value is -0.630. The number of aliphatic hydroxyl groups excluding tert-OH is 1. The molecule has 1 unspecified atom stereocenters. The summed E-state index contributed by atoms with van der Waals surface area (Å²) in [6.45, 7) is 7.98. The predicted octanol–water partition coefficient (Wildman–Crippen LogP) is 6.75. The van der Waals surface area contributed by atoms with Gasteiger partial charge in [0.05, 0.1) is 0 Å². The molecule has 0 bridgehead atoms. The second-order valence-corrected chi connectivity index (χ2v) is 7.30. The van der Waals surface area contributed by atoms with Crippen molar-refractivity contribution in [3.05, 3.63) is 11.1 Å². The molecule has 0 aliphatic rings. The zero-order chi connectivity index (χ0) is 18.2. The van der Waals surface area contributed by atoms with Crippen LogP contribution in [-0.4, -0.2) is 17.0 Å². The number of carbonyl (C=O) groups is 1. The molecular formula is C22H42O2. The summed E-state index contributed by atoms with van der Waals surface area (Å²) in [6, 6.07) is 0. The summed E-state index contributed by atoms with van der Waals surface area (Å²) in [5.41, 5.74) is 2.12. The maximum Gasteiger partial charge on any atom is 0.186 e. The lowest BCUT2D eigenvalue weighted by Crippen LogP contribution is -2.18. The van der Waals surface area contributed by atoms with Crippen LogP contribution < -0.4 is 0 Å². The lowest BCUT2D eigenvalue weighted by Gasteiger charge is -2.13. The van der Waals surface area contributed by atoms with E-state index in [0.29, 0.717) is 0 Å². The SMILES string of the molecule is CCCCCCCCC(CCCCCCCC)=C(C)C(=O)C(C)O.